The Labute approximate surface area is 350 Å². The molecule has 5 N–H and O–H groups in total. The third-order valence-electron chi connectivity index (χ3n) is 11.7. The Bertz CT molecular complexity index is 3750. The smallest absolute Gasteiger partial charge is 0.208 e. The van der Waals surface area contributed by atoms with Gasteiger partial charge in [-0.2, -0.15) is 0 Å². The molecule has 0 unspecified atom stereocenters. The molecule has 0 aliphatic rings. The molecule has 4 aromatic heterocycles. The van der Waals surface area contributed by atoms with Gasteiger partial charge >= 0.3 is 0 Å². The zero-order chi connectivity index (χ0) is 41.8. The first-order valence-corrected chi connectivity index (χ1v) is 19.8. The van der Waals surface area contributed by atoms with Crippen molar-refractivity contribution >= 4 is 65.6 Å². The monoisotopic (exact) mass is 809 g/mol. The first-order valence-electron chi connectivity index (χ1n) is 19.8. The zero-order valence-corrected chi connectivity index (χ0v) is 32.4. The van der Waals surface area contributed by atoms with Crippen LogP contribution in [-0.4, -0.2) is 49.6 Å². The summed E-state index contributed by atoms with van der Waals surface area (Å²) >= 11 is 0. The van der Waals surface area contributed by atoms with E-state index in [1.165, 1.54) is 10.8 Å². The van der Waals surface area contributed by atoms with E-state index in [1.54, 1.807) is 12.1 Å². The highest BCUT2D eigenvalue weighted by atomic mass is 16.4. The topological polar surface area (TPSA) is 163 Å². The number of hydrogen-bond donors (Lipinski definition) is 5. The van der Waals surface area contributed by atoms with Crippen LogP contribution in [0.25, 0.3) is 111 Å². The number of phenolic OH excluding ortho intramolecular Hbond substituents is 5. The van der Waals surface area contributed by atoms with E-state index in [2.05, 4.69) is 116 Å². The van der Waals surface area contributed by atoms with Crippen LogP contribution in [-0.2, 0) is 0 Å². The van der Waals surface area contributed by atoms with E-state index >= 15 is 0 Å². The van der Waals surface area contributed by atoms with Gasteiger partial charge in [0, 0.05) is 38.1 Å². The molecule has 62 heavy (non-hydrogen) atoms. The summed E-state index contributed by atoms with van der Waals surface area (Å²) in [6.07, 6.45) is 0. The maximum Gasteiger partial charge on any atom is 0.208 e. The highest BCUT2D eigenvalue weighted by Gasteiger charge is 2.28. The summed E-state index contributed by atoms with van der Waals surface area (Å²) in [6, 6.07) is 52.7. The maximum absolute atomic E-state index is 10.9. The second-order valence-electron chi connectivity index (χ2n) is 15.1. The SMILES string of the molecule is Oc1c(O)c(O)c(-c2nc(-c3ccccc3)nc(-c3ccc4c(c3)oc3cccc(-n5c6ccccc6c6c(-n7c8ccccc8c8ccccc87)cccc65)c34)n2)c(O)c1O. The van der Waals surface area contributed by atoms with E-state index in [9.17, 15) is 25.5 Å². The van der Waals surface area contributed by atoms with E-state index < -0.39 is 34.3 Å². The van der Waals surface area contributed by atoms with Crippen LogP contribution in [0.2, 0.25) is 0 Å². The van der Waals surface area contributed by atoms with Gasteiger partial charge in [-0.05, 0) is 54.6 Å². The zero-order valence-electron chi connectivity index (χ0n) is 32.4. The van der Waals surface area contributed by atoms with Crippen LogP contribution < -0.4 is 0 Å². The molecule has 0 saturated heterocycles. The van der Waals surface area contributed by atoms with Crippen molar-refractivity contribution in [2.24, 2.45) is 0 Å². The number of furan rings is 1. The number of nitrogens with zero attached hydrogens (tertiary/aromatic N) is 5. The van der Waals surface area contributed by atoms with Crippen molar-refractivity contribution < 1.29 is 29.9 Å². The quantitative estimate of drug-likeness (QED) is 0.0841. The van der Waals surface area contributed by atoms with Crippen molar-refractivity contribution in [1.82, 2.24) is 24.1 Å². The molecule has 11 nitrogen and oxygen atoms in total. The minimum Gasteiger partial charge on any atom is -0.504 e. The minimum atomic E-state index is -1.08. The molecule has 0 radical (unpaired) electrons. The van der Waals surface area contributed by atoms with Crippen LogP contribution in [0.1, 0.15) is 0 Å². The number of aromatic hydroxyl groups is 5. The maximum atomic E-state index is 10.9. The van der Waals surface area contributed by atoms with Gasteiger partial charge < -0.3 is 39.1 Å². The average molecular weight is 810 g/mol. The van der Waals surface area contributed by atoms with Crippen molar-refractivity contribution in [3.05, 3.63) is 158 Å². The number of rotatable bonds is 5. The Kier molecular flexibility index (Phi) is 7.42. The first-order chi connectivity index (χ1) is 30.4. The molecule has 4 heterocycles. The molecule has 0 spiro atoms. The summed E-state index contributed by atoms with van der Waals surface area (Å²) in [4.78, 5) is 13.9. The molecule has 12 rings (SSSR count). The molecule has 296 valence electrons. The summed E-state index contributed by atoms with van der Waals surface area (Å²) in [5, 5.41) is 59.0. The van der Waals surface area contributed by atoms with Crippen molar-refractivity contribution in [2.75, 3.05) is 0 Å². The second kappa shape index (κ2) is 13.1. The molecule has 0 saturated carbocycles. The van der Waals surface area contributed by atoms with Crippen molar-refractivity contribution in [1.29, 1.82) is 0 Å². The van der Waals surface area contributed by atoms with Crippen LogP contribution in [0, 0.1) is 0 Å². The summed E-state index contributed by atoms with van der Waals surface area (Å²) in [7, 11) is 0. The van der Waals surface area contributed by atoms with Crippen LogP contribution in [0.3, 0.4) is 0 Å². The van der Waals surface area contributed by atoms with Gasteiger partial charge in [-0.15, -0.1) is 0 Å². The van der Waals surface area contributed by atoms with E-state index in [4.69, 9.17) is 9.40 Å². The van der Waals surface area contributed by atoms with Crippen LogP contribution in [0.15, 0.2) is 162 Å². The minimum absolute atomic E-state index is 0.155. The van der Waals surface area contributed by atoms with Gasteiger partial charge in [0.15, 0.2) is 29.0 Å². The Morgan fingerprint density at radius 1 is 0.355 bits per heavy atom. The lowest BCUT2D eigenvalue weighted by Crippen LogP contribution is -2.00. The van der Waals surface area contributed by atoms with Gasteiger partial charge in [-0.1, -0.05) is 103 Å². The highest BCUT2D eigenvalue weighted by molar-refractivity contribution is 6.18. The Hall–Kier alpha value is -8.83. The fourth-order valence-electron chi connectivity index (χ4n) is 8.99. The predicted molar refractivity (Wildman–Crippen MR) is 240 cm³/mol. The number of benzene rings is 8. The van der Waals surface area contributed by atoms with Gasteiger partial charge in [0.2, 0.25) is 17.2 Å². The van der Waals surface area contributed by atoms with Crippen LogP contribution in [0.5, 0.6) is 28.7 Å². The highest BCUT2D eigenvalue weighted by Crippen LogP contribution is 2.54. The molecule has 0 amide bonds. The molecular formula is C51H31N5O6. The average Bonchev–Trinajstić information content (AvgIpc) is 3.98. The first kappa shape index (κ1) is 35.1. The van der Waals surface area contributed by atoms with Gasteiger partial charge in [0.05, 0.1) is 38.8 Å². The standard InChI is InChI=1S/C51H31N5O6/c57-44-43(45(58)47(60)48(61)46(44)59)51-53-49(27-12-2-1-3-13-27)52-50(54-51)28-24-25-32-40(26-28)62-39-23-11-22-38(42(32)39)56-35-19-9-6-16-31(35)41-36(20-10-21-37(41)56)55-33-17-7-4-14-29(33)30-15-5-8-18-34(30)55/h1-26,57-61H. The molecule has 8 aromatic carbocycles. The molecule has 11 heteroatoms. The Morgan fingerprint density at radius 3 is 1.53 bits per heavy atom. The van der Waals surface area contributed by atoms with Gasteiger partial charge in [0.1, 0.15) is 16.7 Å². The van der Waals surface area contributed by atoms with Crippen molar-refractivity contribution in [3.63, 3.8) is 0 Å². The van der Waals surface area contributed by atoms with Crippen molar-refractivity contribution in [2.45, 2.75) is 0 Å². The number of para-hydroxylation sites is 3. The summed E-state index contributed by atoms with van der Waals surface area (Å²) in [5.41, 5.74) is 8.23. The van der Waals surface area contributed by atoms with Gasteiger partial charge in [0.25, 0.3) is 0 Å². The predicted octanol–water partition coefficient (Wildman–Crippen LogP) is 11.5. The largest absolute Gasteiger partial charge is 0.504 e. The number of hydrogen-bond acceptors (Lipinski definition) is 9. The van der Waals surface area contributed by atoms with Gasteiger partial charge in [-0.25, -0.2) is 15.0 Å². The van der Waals surface area contributed by atoms with Crippen molar-refractivity contribution in [3.8, 4) is 74.3 Å². The summed E-state index contributed by atoms with van der Waals surface area (Å²) in [5.74, 6) is -4.90. The molecule has 0 bridgehead atoms. The molecule has 0 fully saturated rings. The molecule has 0 aliphatic heterocycles. The fraction of sp³-hybridized carbons (Fsp3) is 0. The van der Waals surface area contributed by atoms with Crippen LogP contribution >= 0.6 is 0 Å². The third-order valence-corrected chi connectivity index (χ3v) is 11.7. The Balaban J connectivity index is 1.07. The lowest BCUT2D eigenvalue weighted by Gasteiger charge is -2.13. The fourth-order valence-corrected chi connectivity index (χ4v) is 8.99. The van der Waals surface area contributed by atoms with E-state index in [-0.39, 0.29) is 17.5 Å². The van der Waals surface area contributed by atoms with E-state index in [0.29, 0.717) is 22.3 Å². The molecular weight excluding hydrogens is 779 g/mol. The van der Waals surface area contributed by atoms with E-state index in [1.807, 2.05) is 48.5 Å². The molecule has 12 aromatic rings. The second-order valence-corrected chi connectivity index (χ2v) is 15.1. The van der Waals surface area contributed by atoms with E-state index in [0.717, 1.165) is 55.0 Å². The van der Waals surface area contributed by atoms with Crippen LogP contribution in [0.4, 0.5) is 0 Å². The normalized spacial score (nSPS) is 11.9. The lowest BCUT2D eigenvalue weighted by molar-refractivity contribution is 0.329. The number of phenols is 5. The molecule has 0 aliphatic carbocycles. The van der Waals surface area contributed by atoms with Gasteiger partial charge in [-0.3, -0.25) is 0 Å². The summed E-state index contributed by atoms with van der Waals surface area (Å²) in [6.45, 7) is 0. The number of fused-ring (bicyclic) bond motifs is 9. The summed E-state index contributed by atoms with van der Waals surface area (Å²) < 4.78 is 11.3. The lowest BCUT2D eigenvalue weighted by atomic mass is 10.1. The Morgan fingerprint density at radius 2 is 0.855 bits per heavy atom. The number of aromatic nitrogens is 5. The third kappa shape index (κ3) is 4.96. The molecule has 0 atom stereocenters.